The van der Waals surface area contributed by atoms with Gasteiger partial charge in [0.25, 0.3) is 0 Å². The minimum atomic E-state index is 1.75. The van der Waals surface area contributed by atoms with Gasteiger partial charge in [0.15, 0.2) is 0 Å². The van der Waals surface area contributed by atoms with Crippen molar-refractivity contribution in [3.05, 3.63) is 17.9 Å². The summed E-state index contributed by atoms with van der Waals surface area (Å²) < 4.78 is 0. The highest BCUT2D eigenvalue weighted by molar-refractivity contribution is 4.95. The number of nitrogens with zero attached hydrogens (tertiary/aromatic N) is 3. The van der Waals surface area contributed by atoms with Crippen molar-refractivity contribution >= 4 is 0 Å². The molecular formula is C4H8N3-. The van der Waals surface area contributed by atoms with E-state index in [9.17, 15) is 0 Å². The average Bonchev–Trinajstić information content (AvgIpc) is 1.87. The fourth-order valence-electron chi connectivity index (χ4n) is 0.475. The molecule has 0 amide bonds. The normalized spacial score (nSPS) is 19.1. The van der Waals surface area contributed by atoms with E-state index in [1.54, 1.807) is 10.0 Å². The van der Waals surface area contributed by atoms with Gasteiger partial charge >= 0.3 is 0 Å². The van der Waals surface area contributed by atoms with Crippen molar-refractivity contribution in [2.45, 2.75) is 0 Å². The van der Waals surface area contributed by atoms with E-state index in [0.29, 0.717) is 0 Å². The molecule has 0 spiro atoms. The van der Waals surface area contributed by atoms with Crippen LogP contribution in [0.3, 0.4) is 0 Å². The molecule has 1 heterocycles. The standard InChI is InChI=1S/C4H8N3/c1-6-3-4-7(2)5-6/h3-4H,1-2H3/q-1. The van der Waals surface area contributed by atoms with Crippen LogP contribution < -0.4 is 0 Å². The van der Waals surface area contributed by atoms with E-state index in [0.717, 1.165) is 0 Å². The second-order valence-corrected chi connectivity index (χ2v) is 1.53. The highest BCUT2D eigenvalue weighted by Gasteiger charge is 1.84. The quantitative estimate of drug-likeness (QED) is 0.440. The fraction of sp³-hybridized carbons (Fsp3) is 0.500. The minimum absolute atomic E-state index is 1.75. The predicted molar refractivity (Wildman–Crippen MR) is 28.0 cm³/mol. The fourth-order valence-corrected chi connectivity index (χ4v) is 0.475. The Morgan fingerprint density at radius 2 is 1.57 bits per heavy atom. The Morgan fingerprint density at radius 3 is 1.71 bits per heavy atom. The van der Waals surface area contributed by atoms with Crippen LogP contribution in [0.25, 0.3) is 5.53 Å². The van der Waals surface area contributed by atoms with Crippen LogP contribution in [-0.2, 0) is 0 Å². The molecule has 0 N–H and O–H groups in total. The van der Waals surface area contributed by atoms with Gasteiger partial charge in [-0.05, 0) is 26.5 Å². The second kappa shape index (κ2) is 1.42. The molecular weight excluding hydrogens is 90.1 g/mol. The zero-order chi connectivity index (χ0) is 5.28. The summed E-state index contributed by atoms with van der Waals surface area (Å²) in [5.41, 5.74) is 3.94. The van der Waals surface area contributed by atoms with Crippen molar-refractivity contribution in [3.63, 3.8) is 0 Å². The molecule has 1 rings (SSSR count). The van der Waals surface area contributed by atoms with Gasteiger partial charge in [0.05, 0.1) is 0 Å². The Kier molecular flexibility index (Phi) is 0.906. The average molecular weight is 98.1 g/mol. The van der Waals surface area contributed by atoms with Gasteiger partial charge in [0.2, 0.25) is 0 Å². The summed E-state index contributed by atoms with van der Waals surface area (Å²) in [4.78, 5) is 0. The third kappa shape index (κ3) is 0.838. The lowest BCUT2D eigenvalue weighted by Crippen LogP contribution is -2.05. The van der Waals surface area contributed by atoms with Crippen molar-refractivity contribution in [1.29, 1.82) is 0 Å². The lowest BCUT2D eigenvalue weighted by Gasteiger charge is -2.31. The van der Waals surface area contributed by atoms with Crippen LogP contribution in [0, 0.1) is 0 Å². The molecule has 0 unspecified atom stereocenters. The van der Waals surface area contributed by atoms with Crippen molar-refractivity contribution in [3.8, 4) is 0 Å². The van der Waals surface area contributed by atoms with Crippen LogP contribution in [-0.4, -0.2) is 24.1 Å². The van der Waals surface area contributed by atoms with E-state index in [1.165, 1.54) is 0 Å². The zero-order valence-corrected chi connectivity index (χ0v) is 4.50. The second-order valence-electron chi connectivity index (χ2n) is 1.53. The third-order valence-electron chi connectivity index (χ3n) is 0.780. The topological polar surface area (TPSA) is 20.6 Å². The molecule has 1 aliphatic rings. The molecule has 0 saturated carbocycles. The van der Waals surface area contributed by atoms with Crippen molar-refractivity contribution in [2.75, 3.05) is 14.1 Å². The highest BCUT2D eigenvalue weighted by atomic mass is 15.8. The lowest BCUT2D eigenvalue weighted by atomic mass is 10.9. The Hall–Kier alpha value is -0.700. The predicted octanol–water partition coefficient (Wildman–Crippen LogP) is 0.538. The maximum atomic E-state index is 3.94. The van der Waals surface area contributed by atoms with Crippen LogP contribution >= 0.6 is 0 Å². The molecule has 0 atom stereocenters. The van der Waals surface area contributed by atoms with Crippen LogP contribution in [0.1, 0.15) is 0 Å². The van der Waals surface area contributed by atoms with E-state index in [-0.39, 0.29) is 0 Å². The molecule has 3 nitrogen and oxygen atoms in total. The minimum Gasteiger partial charge on any atom is -0.476 e. The van der Waals surface area contributed by atoms with Gasteiger partial charge in [-0.25, -0.2) is 0 Å². The van der Waals surface area contributed by atoms with Gasteiger partial charge in [-0.3, -0.25) is 0 Å². The van der Waals surface area contributed by atoms with Crippen molar-refractivity contribution in [1.82, 2.24) is 10.0 Å². The molecule has 0 aromatic carbocycles. The van der Waals surface area contributed by atoms with E-state index < -0.39 is 0 Å². The Balaban J connectivity index is 2.42. The van der Waals surface area contributed by atoms with Gasteiger partial charge in [-0.15, -0.1) is 0 Å². The van der Waals surface area contributed by atoms with Gasteiger partial charge in [0, 0.05) is 0 Å². The first-order valence-corrected chi connectivity index (χ1v) is 2.14. The monoisotopic (exact) mass is 98.1 g/mol. The molecule has 0 saturated heterocycles. The molecule has 0 fully saturated rings. The molecule has 3 heteroatoms. The van der Waals surface area contributed by atoms with Crippen molar-refractivity contribution < 1.29 is 0 Å². The molecule has 0 aromatic rings. The van der Waals surface area contributed by atoms with Crippen LogP contribution in [0.15, 0.2) is 12.4 Å². The summed E-state index contributed by atoms with van der Waals surface area (Å²) in [5, 5.41) is 3.50. The molecule has 0 aromatic heterocycles. The van der Waals surface area contributed by atoms with Crippen LogP contribution in [0.2, 0.25) is 0 Å². The summed E-state index contributed by atoms with van der Waals surface area (Å²) in [6.07, 6.45) is 3.78. The van der Waals surface area contributed by atoms with Crippen molar-refractivity contribution in [2.24, 2.45) is 0 Å². The highest BCUT2D eigenvalue weighted by Crippen LogP contribution is 2.07. The summed E-state index contributed by atoms with van der Waals surface area (Å²) in [6.45, 7) is 0. The molecule has 7 heavy (non-hydrogen) atoms. The van der Waals surface area contributed by atoms with Crippen LogP contribution in [0.5, 0.6) is 0 Å². The Labute approximate surface area is 43.1 Å². The Bertz CT molecular complexity index is 78.9. The largest absolute Gasteiger partial charge is 0.476 e. The molecule has 0 aliphatic carbocycles. The molecule has 40 valence electrons. The first-order valence-electron chi connectivity index (χ1n) is 2.14. The number of hydrogen-bond donors (Lipinski definition) is 0. The smallest absolute Gasteiger partial charge is 0.00231 e. The SMILES string of the molecule is CN1C=CN(C)[N-]1. The maximum absolute atomic E-state index is 3.94. The van der Waals surface area contributed by atoms with E-state index >= 15 is 0 Å². The number of rotatable bonds is 0. The van der Waals surface area contributed by atoms with E-state index in [1.807, 2.05) is 26.5 Å². The summed E-state index contributed by atoms with van der Waals surface area (Å²) in [7, 11) is 3.78. The molecule has 1 aliphatic heterocycles. The van der Waals surface area contributed by atoms with Gasteiger partial charge < -0.3 is 15.6 Å². The lowest BCUT2D eigenvalue weighted by molar-refractivity contribution is 0.452. The zero-order valence-electron chi connectivity index (χ0n) is 4.50. The number of hydrogen-bond acceptors (Lipinski definition) is 2. The molecule has 0 bridgehead atoms. The van der Waals surface area contributed by atoms with Gasteiger partial charge in [-0.2, -0.15) is 0 Å². The summed E-state index contributed by atoms with van der Waals surface area (Å²) >= 11 is 0. The summed E-state index contributed by atoms with van der Waals surface area (Å²) in [6, 6.07) is 0. The first kappa shape index (κ1) is 4.46. The first-order chi connectivity index (χ1) is 3.29. The molecule has 0 radical (unpaired) electrons. The summed E-state index contributed by atoms with van der Waals surface area (Å²) in [5.74, 6) is 0. The third-order valence-corrected chi connectivity index (χ3v) is 0.780. The van der Waals surface area contributed by atoms with E-state index in [2.05, 4.69) is 5.53 Å². The van der Waals surface area contributed by atoms with E-state index in [4.69, 9.17) is 0 Å². The van der Waals surface area contributed by atoms with Gasteiger partial charge in [-0.1, -0.05) is 0 Å². The Morgan fingerprint density at radius 1 is 1.14 bits per heavy atom. The van der Waals surface area contributed by atoms with Crippen LogP contribution in [0.4, 0.5) is 0 Å². The van der Waals surface area contributed by atoms with Gasteiger partial charge in [0.1, 0.15) is 0 Å². The maximum Gasteiger partial charge on any atom is -0.00231 e.